The van der Waals surface area contributed by atoms with E-state index >= 15 is 0 Å². The number of nitrogens with one attached hydrogen (secondary N) is 1. The van der Waals surface area contributed by atoms with Gasteiger partial charge in [-0.2, -0.15) is 0 Å². The Kier molecular flexibility index (Phi) is 4.82. The third-order valence-corrected chi connectivity index (χ3v) is 4.30. The van der Waals surface area contributed by atoms with Crippen molar-refractivity contribution in [2.75, 3.05) is 27.2 Å². The Morgan fingerprint density at radius 1 is 1.13 bits per heavy atom. The minimum atomic E-state index is 0.0577. The van der Waals surface area contributed by atoms with Crippen LogP contribution in [0.3, 0.4) is 0 Å². The molecule has 1 fully saturated rings. The van der Waals surface area contributed by atoms with E-state index in [0.717, 1.165) is 19.4 Å². The van der Waals surface area contributed by atoms with Gasteiger partial charge >= 0.3 is 6.03 Å². The van der Waals surface area contributed by atoms with Crippen molar-refractivity contribution in [2.45, 2.75) is 25.4 Å². The van der Waals surface area contributed by atoms with Crippen LogP contribution in [-0.2, 0) is 6.54 Å². The Balaban J connectivity index is 1.73. The maximum atomic E-state index is 12.5. The van der Waals surface area contributed by atoms with Gasteiger partial charge in [-0.15, -0.1) is 0 Å². The van der Waals surface area contributed by atoms with E-state index in [1.54, 1.807) is 0 Å². The summed E-state index contributed by atoms with van der Waals surface area (Å²) in [6.45, 7) is 2.23. The molecule has 0 radical (unpaired) electrons. The Labute approximate surface area is 138 Å². The van der Waals surface area contributed by atoms with E-state index in [9.17, 15) is 4.79 Å². The number of rotatable bonds is 6. The highest BCUT2D eigenvalue weighted by Crippen LogP contribution is 2.30. The van der Waals surface area contributed by atoms with Crippen LogP contribution in [0, 0.1) is 0 Å². The molecule has 4 heteroatoms. The van der Waals surface area contributed by atoms with Crippen LogP contribution in [0.5, 0.6) is 0 Å². The fraction of sp³-hybridized carbons (Fsp3) is 0.421. The van der Waals surface area contributed by atoms with Crippen LogP contribution < -0.4 is 5.32 Å². The first-order chi connectivity index (χ1) is 11.1. The lowest BCUT2D eigenvalue weighted by Crippen LogP contribution is -2.43. The number of nitrogens with zero attached hydrogens (tertiary/aromatic N) is 2. The van der Waals surface area contributed by atoms with Gasteiger partial charge < -0.3 is 15.1 Å². The summed E-state index contributed by atoms with van der Waals surface area (Å²) >= 11 is 0. The molecule has 0 saturated heterocycles. The van der Waals surface area contributed by atoms with E-state index in [4.69, 9.17) is 0 Å². The molecule has 0 unspecified atom stereocenters. The van der Waals surface area contributed by atoms with Gasteiger partial charge in [0.1, 0.15) is 0 Å². The second-order valence-corrected chi connectivity index (χ2v) is 6.53. The van der Waals surface area contributed by atoms with Crippen molar-refractivity contribution in [3.8, 4) is 0 Å². The number of hydrogen-bond donors (Lipinski definition) is 1. The number of amides is 2. The second-order valence-electron chi connectivity index (χ2n) is 6.53. The van der Waals surface area contributed by atoms with Crippen LogP contribution in [0.4, 0.5) is 4.79 Å². The molecule has 0 aliphatic heterocycles. The van der Waals surface area contributed by atoms with Crippen molar-refractivity contribution in [1.82, 2.24) is 15.1 Å². The lowest BCUT2D eigenvalue weighted by Gasteiger charge is -2.24. The van der Waals surface area contributed by atoms with Gasteiger partial charge in [0, 0.05) is 25.7 Å². The van der Waals surface area contributed by atoms with Crippen LogP contribution in [0.25, 0.3) is 10.8 Å². The maximum Gasteiger partial charge on any atom is 0.317 e. The molecule has 122 valence electrons. The average molecular weight is 311 g/mol. The molecule has 0 atom stereocenters. The standard InChI is InChI=1S/C19H25N3O/c1-21(2)13-12-20-19(23)22(17-10-11-17)14-16-8-5-7-15-6-3-4-9-18(15)16/h3-9,17H,10-14H2,1-2H3,(H,20,23). The number of hydrogen-bond acceptors (Lipinski definition) is 2. The number of fused-ring (bicyclic) bond motifs is 1. The van der Waals surface area contributed by atoms with Crippen LogP contribution in [0.1, 0.15) is 18.4 Å². The SMILES string of the molecule is CN(C)CCNC(=O)N(Cc1cccc2ccccc12)C1CC1. The predicted molar refractivity (Wildman–Crippen MR) is 94.5 cm³/mol. The van der Waals surface area contributed by atoms with E-state index in [1.807, 2.05) is 19.0 Å². The van der Waals surface area contributed by atoms with Gasteiger partial charge in [-0.1, -0.05) is 42.5 Å². The number of benzene rings is 2. The molecule has 0 bridgehead atoms. The number of urea groups is 1. The van der Waals surface area contributed by atoms with Gasteiger partial charge in [-0.3, -0.25) is 0 Å². The molecular formula is C19H25N3O. The molecule has 1 aliphatic rings. The quantitative estimate of drug-likeness (QED) is 0.890. The molecule has 2 amide bonds. The summed E-state index contributed by atoms with van der Waals surface area (Å²) in [4.78, 5) is 16.6. The van der Waals surface area contributed by atoms with Crippen molar-refractivity contribution in [3.63, 3.8) is 0 Å². The van der Waals surface area contributed by atoms with Crippen LogP contribution in [0.2, 0.25) is 0 Å². The Morgan fingerprint density at radius 3 is 2.61 bits per heavy atom. The molecule has 0 spiro atoms. The van der Waals surface area contributed by atoms with Crippen molar-refractivity contribution < 1.29 is 4.79 Å². The molecule has 1 aliphatic carbocycles. The molecule has 0 heterocycles. The first-order valence-corrected chi connectivity index (χ1v) is 8.31. The third-order valence-electron chi connectivity index (χ3n) is 4.30. The highest BCUT2D eigenvalue weighted by Gasteiger charge is 2.32. The largest absolute Gasteiger partial charge is 0.337 e. The minimum Gasteiger partial charge on any atom is -0.337 e. The monoisotopic (exact) mass is 311 g/mol. The Hall–Kier alpha value is -2.07. The maximum absolute atomic E-state index is 12.5. The zero-order chi connectivity index (χ0) is 16.2. The van der Waals surface area contributed by atoms with Crippen LogP contribution in [0.15, 0.2) is 42.5 Å². The van der Waals surface area contributed by atoms with E-state index < -0.39 is 0 Å². The van der Waals surface area contributed by atoms with Crippen molar-refractivity contribution in [3.05, 3.63) is 48.0 Å². The third kappa shape index (κ3) is 4.02. The molecule has 0 aromatic heterocycles. The lowest BCUT2D eigenvalue weighted by molar-refractivity contribution is 0.191. The topological polar surface area (TPSA) is 35.6 Å². The zero-order valence-corrected chi connectivity index (χ0v) is 14.0. The summed E-state index contributed by atoms with van der Waals surface area (Å²) in [6.07, 6.45) is 2.23. The molecular weight excluding hydrogens is 286 g/mol. The summed E-state index contributed by atoms with van der Waals surface area (Å²) in [6, 6.07) is 15.2. The fourth-order valence-electron chi connectivity index (χ4n) is 2.85. The molecule has 1 N–H and O–H groups in total. The smallest absolute Gasteiger partial charge is 0.317 e. The summed E-state index contributed by atoms with van der Waals surface area (Å²) in [7, 11) is 4.03. The summed E-state index contributed by atoms with van der Waals surface area (Å²) in [5.41, 5.74) is 1.22. The summed E-state index contributed by atoms with van der Waals surface area (Å²) in [5.74, 6) is 0. The molecule has 1 saturated carbocycles. The van der Waals surface area contributed by atoms with Gasteiger partial charge in [0.15, 0.2) is 0 Å². The Bertz CT molecular complexity index is 674. The number of carbonyl (C=O) groups is 1. The lowest BCUT2D eigenvalue weighted by atomic mass is 10.0. The fourth-order valence-corrected chi connectivity index (χ4v) is 2.85. The van der Waals surface area contributed by atoms with E-state index in [-0.39, 0.29) is 6.03 Å². The van der Waals surface area contributed by atoms with Gasteiger partial charge in [0.05, 0.1) is 0 Å². The van der Waals surface area contributed by atoms with Gasteiger partial charge in [-0.25, -0.2) is 4.79 Å². The summed E-state index contributed by atoms with van der Waals surface area (Å²) in [5, 5.41) is 5.52. The van der Waals surface area contributed by atoms with Gasteiger partial charge in [0.2, 0.25) is 0 Å². The van der Waals surface area contributed by atoms with Crippen LogP contribution in [-0.4, -0.2) is 49.1 Å². The van der Waals surface area contributed by atoms with Crippen molar-refractivity contribution >= 4 is 16.8 Å². The van der Waals surface area contributed by atoms with Gasteiger partial charge in [0.25, 0.3) is 0 Å². The minimum absolute atomic E-state index is 0.0577. The first kappa shape index (κ1) is 15.8. The molecule has 2 aromatic carbocycles. The second kappa shape index (κ2) is 7.01. The number of carbonyl (C=O) groups excluding carboxylic acids is 1. The summed E-state index contributed by atoms with van der Waals surface area (Å²) < 4.78 is 0. The van der Waals surface area contributed by atoms with E-state index in [0.29, 0.717) is 19.1 Å². The molecule has 3 rings (SSSR count). The van der Waals surface area contributed by atoms with E-state index in [2.05, 4.69) is 52.7 Å². The molecule has 2 aromatic rings. The normalized spacial score (nSPS) is 14.2. The molecule has 23 heavy (non-hydrogen) atoms. The van der Waals surface area contributed by atoms with Crippen LogP contribution >= 0.6 is 0 Å². The van der Waals surface area contributed by atoms with Crippen molar-refractivity contribution in [2.24, 2.45) is 0 Å². The highest BCUT2D eigenvalue weighted by atomic mass is 16.2. The number of likely N-dealkylation sites (N-methyl/N-ethyl adjacent to an activating group) is 1. The Morgan fingerprint density at radius 2 is 1.87 bits per heavy atom. The average Bonchev–Trinajstić information content (AvgIpc) is 3.37. The van der Waals surface area contributed by atoms with E-state index in [1.165, 1.54) is 16.3 Å². The molecule has 4 nitrogen and oxygen atoms in total. The van der Waals surface area contributed by atoms with Gasteiger partial charge in [-0.05, 0) is 43.3 Å². The van der Waals surface area contributed by atoms with Crippen molar-refractivity contribution in [1.29, 1.82) is 0 Å². The first-order valence-electron chi connectivity index (χ1n) is 8.31. The predicted octanol–water partition coefficient (Wildman–Crippen LogP) is 3.08. The highest BCUT2D eigenvalue weighted by molar-refractivity contribution is 5.86. The zero-order valence-electron chi connectivity index (χ0n) is 14.0.